The number of hydrogen-bond donors (Lipinski definition) is 0. The highest BCUT2D eigenvalue weighted by Crippen LogP contribution is 2.22. The number of nitrogens with zero attached hydrogens (tertiary/aromatic N) is 3. The molecule has 1 aliphatic rings. The summed E-state index contributed by atoms with van der Waals surface area (Å²) in [6, 6.07) is 0. The van der Waals surface area contributed by atoms with E-state index in [1.165, 1.54) is 0 Å². The Hall–Kier alpha value is -1.36. The van der Waals surface area contributed by atoms with Crippen LogP contribution < -0.4 is 0 Å². The van der Waals surface area contributed by atoms with E-state index in [4.69, 9.17) is 4.74 Å². The van der Waals surface area contributed by atoms with Gasteiger partial charge in [-0.3, -0.25) is 9.48 Å². The van der Waals surface area contributed by atoms with Crippen LogP contribution in [0, 0.1) is 5.92 Å². The van der Waals surface area contributed by atoms with Crippen LogP contribution in [-0.2, 0) is 23.1 Å². The number of carbonyl (C=O) groups is 1. The molecule has 1 aromatic heterocycles. The van der Waals surface area contributed by atoms with Crippen LogP contribution >= 0.6 is 0 Å². The van der Waals surface area contributed by atoms with E-state index in [2.05, 4.69) is 5.10 Å². The van der Waals surface area contributed by atoms with E-state index in [-0.39, 0.29) is 17.9 Å². The van der Waals surface area contributed by atoms with Gasteiger partial charge in [-0.15, -0.1) is 0 Å². The van der Waals surface area contributed by atoms with Gasteiger partial charge in [-0.2, -0.15) is 5.10 Å². The van der Waals surface area contributed by atoms with Crippen molar-refractivity contribution in [3.63, 3.8) is 0 Å². The van der Waals surface area contributed by atoms with E-state index in [9.17, 15) is 4.79 Å². The fraction of sp³-hybridized carbons (Fsp3) is 0.692. The zero-order valence-corrected chi connectivity index (χ0v) is 11.3. The average molecular weight is 251 g/mol. The number of hydrogen-bond acceptors (Lipinski definition) is 3. The van der Waals surface area contributed by atoms with E-state index < -0.39 is 0 Å². The van der Waals surface area contributed by atoms with Gasteiger partial charge in [0.25, 0.3) is 0 Å². The van der Waals surface area contributed by atoms with Crippen LogP contribution in [0.2, 0.25) is 0 Å². The van der Waals surface area contributed by atoms with Gasteiger partial charge in [0.1, 0.15) is 0 Å². The van der Waals surface area contributed by atoms with Crippen molar-refractivity contribution in [2.24, 2.45) is 13.0 Å². The molecule has 5 nitrogen and oxygen atoms in total. The Balaban J connectivity index is 1.95. The van der Waals surface area contributed by atoms with Crippen LogP contribution in [0.25, 0.3) is 0 Å². The van der Waals surface area contributed by atoms with Gasteiger partial charge < -0.3 is 9.64 Å². The van der Waals surface area contributed by atoms with Gasteiger partial charge in [0.2, 0.25) is 5.91 Å². The van der Waals surface area contributed by atoms with Crippen molar-refractivity contribution in [1.82, 2.24) is 14.7 Å². The second-order valence-corrected chi connectivity index (χ2v) is 5.04. The fourth-order valence-electron chi connectivity index (χ4n) is 2.44. The lowest BCUT2D eigenvalue weighted by Crippen LogP contribution is -2.40. The number of carbonyl (C=O) groups excluding carboxylic acids is 1. The van der Waals surface area contributed by atoms with Gasteiger partial charge in [0.15, 0.2) is 0 Å². The Morgan fingerprint density at radius 1 is 1.67 bits per heavy atom. The molecule has 0 aliphatic carbocycles. The standard InChI is InChI=1S/C13H21N3O2/c1-10-12(5-4-6-18-10)13(17)15(2)8-11-7-14-16(3)9-11/h7,9-10,12H,4-6,8H2,1-3H3. The van der Waals surface area contributed by atoms with Crippen LogP contribution in [0.15, 0.2) is 12.4 Å². The minimum atomic E-state index is 0.000390. The van der Waals surface area contributed by atoms with Crippen molar-refractivity contribution >= 4 is 5.91 Å². The minimum Gasteiger partial charge on any atom is -0.378 e. The highest BCUT2D eigenvalue weighted by Gasteiger charge is 2.30. The quantitative estimate of drug-likeness (QED) is 0.811. The monoisotopic (exact) mass is 251 g/mol. The molecule has 0 bridgehead atoms. The zero-order valence-electron chi connectivity index (χ0n) is 11.3. The first-order valence-electron chi connectivity index (χ1n) is 6.42. The molecule has 0 N–H and O–H groups in total. The lowest BCUT2D eigenvalue weighted by Gasteiger charge is -2.31. The van der Waals surface area contributed by atoms with Gasteiger partial charge in [0, 0.05) is 39.0 Å². The third-order valence-electron chi connectivity index (χ3n) is 3.48. The molecule has 5 heteroatoms. The molecular formula is C13H21N3O2. The van der Waals surface area contributed by atoms with E-state index >= 15 is 0 Å². The molecule has 1 saturated heterocycles. The van der Waals surface area contributed by atoms with Crippen molar-refractivity contribution in [3.05, 3.63) is 18.0 Å². The number of rotatable bonds is 3. The van der Waals surface area contributed by atoms with Gasteiger partial charge in [-0.25, -0.2) is 0 Å². The summed E-state index contributed by atoms with van der Waals surface area (Å²) in [6.07, 6.45) is 5.66. The Bertz CT molecular complexity index is 416. The normalized spacial score (nSPS) is 23.9. The predicted molar refractivity (Wildman–Crippen MR) is 67.8 cm³/mol. The Morgan fingerprint density at radius 2 is 2.44 bits per heavy atom. The summed E-state index contributed by atoms with van der Waals surface area (Å²) in [4.78, 5) is 14.1. The maximum atomic E-state index is 12.3. The average Bonchev–Trinajstić information content (AvgIpc) is 2.74. The van der Waals surface area contributed by atoms with E-state index in [0.29, 0.717) is 6.54 Å². The molecule has 100 valence electrons. The second-order valence-electron chi connectivity index (χ2n) is 5.04. The topological polar surface area (TPSA) is 47.4 Å². The largest absolute Gasteiger partial charge is 0.378 e. The van der Waals surface area contributed by atoms with Crippen LogP contribution in [0.5, 0.6) is 0 Å². The van der Waals surface area contributed by atoms with Crippen LogP contribution in [-0.4, -0.2) is 40.3 Å². The van der Waals surface area contributed by atoms with Crippen molar-refractivity contribution in [2.45, 2.75) is 32.4 Å². The number of aryl methyl sites for hydroxylation is 1. The zero-order chi connectivity index (χ0) is 13.1. The molecular weight excluding hydrogens is 230 g/mol. The van der Waals surface area contributed by atoms with E-state index in [1.807, 2.05) is 27.2 Å². The molecule has 0 radical (unpaired) electrons. The highest BCUT2D eigenvalue weighted by atomic mass is 16.5. The second kappa shape index (κ2) is 5.52. The summed E-state index contributed by atoms with van der Waals surface area (Å²) in [6.45, 7) is 3.37. The van der Waals surface area contributed by atoms with E-state index in [1.54, 1.807) is 15.8 Å². The molecule has 2 rings (SSSR count). The predicted octanol–water partition coefficient (Wildman–Crippen LogP) is 1.19. The lowest BCUT2D eigenvalue weighted by molar-refractivity contribution is -0.143. The maximum Gasteiger partial charge on any atom is 0.228 e. The Morgan fingerprint density at radius 3 is 3.06 bits per heavy atom. The molecule has 1 aliphatic heterocycles. The summed E-state index contributed by atoms with van der Waals surface area (Å²) < 4.78 is 7.30. The van der Waals surface area contributed by atoms with Crippen LogP contribution in [0.4, 0.5) is 0 Å². The molecule has 2 atom stereocenters. The summed E-state index contributed by atoms with van der Waals surface area (Å²) in [7, 11) is 3.72. The van der Waals surface area contributed by atoms with Crippen LogP contribution in [0.3, 0.4) is 0 Å². The molecule has 2 heterocycles. The van der Waals surface area contributed by atoms with Gasteiger partial charge in [-0.1, -0.05) is 0 Å². The Kier molecular flexibility index (Phi) is 4.01. The lowest BCUT2D eigenvalue weighted by atomic mass is 9.94. The molecule has 1 aromatic rings. The van der Waals surface area contributed by atoms with Gasteiger partial charge in [0.05, 0.1) is 18.2 Å². The Labute approximate surface area is 108 Å². The molecule has 0 saturated carbocycles. The molecule has 1 fully saturated rings. The fourth-order valence-corrected chi connectivity index (χ4v) is 2.44. The van der Waals surface area contributed by atoms with Gasteiger partial charge in [-0.05, 0) is 19.8 Å². The first kappa shape index (κ1) is 13.1. The third kappa shape index (κ3) is 2.90. The number of ether oxygens (including phenoxy) is 1. The van der Waals surface area contributed by atoms with Gasteiger partial charge >= 0.3 is 0 Å². The number of aromatic nitrogens is 2. The third-order valence-corrected chi connectivity index (χ3v) is 3.48. The van der Waals surface area contributed by atoms with Crippen molar-refractivity contribution in [2.75, 3.05) is 13.7 Å². The van der Waals surface area contributed by atoms with E-state index in [0.717, 1.165) is 25.0 Å². The first-order chi connectivity index (χ1) is 8.58. The molecule has 0 aromatic carbocycles. The summed E-state index contributed by atoms with van der Waals surface area (Å²) >= 11 is 0. The molecule has 0 spiro atoms. The van der Waals surface area contributed by atoms with Crippen molar-refractivity contribution in [3.8, 4) is 0 Å². The van der Waals surface area contributed by atoms with Crippen molar-refractivity contribution < 1.29 is 9.53 Å². The summed E-state index contributed by atoms with van der Waals surface area (Å²) in [5.41, 5.74) is 1.05. The molecule has 18 heavy (non-hydrogen) atoms. The van der Waals surface area contributed by atoms with Crippen LogP contribution in [0.1, 0.15) is 25.3 Å². The SMILES string of the molecule is CC1OCCCC1C(=O)N(C)Cc1cnn(C)c1. The summed E-state index contributed by atoms with van der Waals surface area (Å²) in [5.74, 6) is 0.173. The van der Waals surface area contributed by atoms with Crippen molar-refractivity contribution in [1.29, 1.82) is 0 Å². The first-order valence-corrected chi connectivity index (χ1v) is 6.42. The highest BCUT2D eigenvalue weighted by molar-refractivity contribution is 5.79. The molecule has 2 unspecified atom stereocenters. The summed E-state index contributed by atoms with van der Waals surface area (Å²) in [5, 5.41) is 4.11. The molecule has 1 amide bonds. The minimum absolute atomic E-state index is 0.000390. The smallest absolute Gasteiger partial charge is 0.228 e. The maximum absolute atomic E-state index is 12.3. The number of amides is 1.